The third-order valence-corrected chi connectivity index (χ3v) is 17.8. The van der Waals surface area contributed by atoms with Crippen LogP contribution in [0.25, 0.3) is 0 Å². The number of aliphatic hydroxyl groups is 1. The van der Waals surface area contributed by atoms with Gasteiger partial charge in [-0.15, -0.1) is 0 Å². The molecular weight excluding hydrogens is 637 g/mol. The maximum Gasteiger partial charge on any atom is 0.309 e. The van der Waals surface area contributed by atoms with E-state index >= 15 is 0 Å². The van der Waals surface area contributed by atoms with E-state index in [1.54, 1.807) is 0 Å². The van der Waals surface area contributed by atoms with Crippen LogP contribution in [-0.4, -0.2) is 71.9 Å². The number of fused-ring (bicyclic) bond motifs is 7. The van der Waals surface area contributed by atoms with Crippen molar-refractivity contribution in [2.45, 2.75) is 124 Å². The average Bonchev–Trinajstić information content (AvgIpc) is 3.49. The number of carbonyl (C=O) groups excluding carboxylic acids is 1. The third-order valence-electron chi connectivity index (χ3n) is 16.8. The molecule has 5 fully saturated rings. The van der Waals surface area contributed by atoms with E-state index in [1.165, 1.54) is 88.1 Å². The maximum absolute atomic E-state index is 12.8. The Balaban J connectivity index is 1.09. The lowest BCUT2D eigenvalue weighted by molar-refractivity contribution is -0.202. The molecule has 1 heterocycles. The van der Waals surface area contributed by atoms with Gasteiger partial charge in [-0.2, -0.15) is 11.8 Å². The van der Waals surface area contributed by atoms with E-state index in [-0.39, 0.29) is 29.4 Å². The van der Waals surface area contributed by atoms with E-state index in [4.69, 9.17) is 4.74 Å². The fourth-order valence-corrected chi connectivity index (χ4v) is 14.9. The molecule has 280 valence electrons. The Morgan fingerprint density at radius 2 is 1.74 bits per heavy atom. The highest BCUT2D eigenvalue weighted by molar-refractivity contribution is 7.99. The van der Waals surface area contributed by atoms with Gasteiger partial charge in [0.1, 0.15) is 12.7 Å². The molecule has 6 aliphatic carbocycles. The minimum Gasteiger partial charge on any atom is -0.462 e. The maximum atomic E-state index is 12.8. The smallest absolute Gasteiger partial charge is 0.309 e. The number of carbonyl (C=O) groups is 1. The number of aliphatic hydroxyl groups excluding tert-OH is 1. The zero-order chi connectivity index (χ0) is 35.5. The van der Waals surface area contributed by atoms with Crippen LogP contribution < -0.4 is 5.32 Å². The molecule has 1 aliphatic heterocycles. The summed E-state index contributed by atoms with van der Waals surface area (Å²) in [5.74, 6) is 6.72. The van der Waals surface area contributed by atoms with Gasteiger partial charge in [0, 0.05) is 43.2 Å². The van der Waals surface area contributed by atoms with Crippen LogP contribution in [0.15, 0.2) is 36.0 Å². The first-order chi connectivity index (χ1) is 23.8. The molecule has 0 radical (unpaired) electrons. The molecule has 7 rings (SSSR count). The van der Waals surface area contributed by atoms with Crippen molar-refractivity contribution in [2.24, 2.45) is 63.6 Å². The van der Waals surface area contributed by atoms with Gasteiger partial charge in [0.2, 0.25) is 0 Å². The van der Waals surface area contributed by atoms with Crippen LogP contribution in [0.3, 0.4) is 0 Å². The molecule has 0 aromatic heterocycles. The number of esters is 1. The van der Waals surface area contributed by atoms with Gasteiger partial charge in [-0.25, -0.2) is 0 Å². The monoisotopic (exact) mass is 707 g/mol. The van der Waals surface area contributed by atoms with Crippen LogP contribution in [0.5, 0.6) is 0 Å². The van der Waals surface area contributed by atoms with Crippen molar-refractivity contribution in [1.82, 2.24) is 10.2 Å². The van der Waals surface area contributed by atoms with Gasteiger partial charge < -0.3 is 20.1 Å². The van der Waals surface area contributed by atoms with Crippen molar-refractivity contribution < 1.29 is 14.6 Å². The Hall–Kier alpha value is -1.08. The summed E-state index contributed by atoms with van der Waals surface area (Å²) in [7, 11) is 0. The molecule has 4 saturated carbocycles. The van der Waals surface area contributed by atoms with Crippen molar-refractivity contribution in [1.29, 1.82) is 0 Å². The number of nitrogens with zero attached hydrogens (tertiary/aromatic N) is 1. The molecule has 2 N–H and O–H groups in total. The van der Waals surface area contributed by atoms with Gasteiger partial charge in [0.05, 0.1) is 5.92 Å². The zero-order valence-corrected chi connectivity index (χ0v) is 33.3. The molecule has 0 aromatic carbocycles. The van der Waals surface area contributed by atoms with E-state index < -0.39 is 6.10 Å². The van der Waals surface area contributed by atoms with Crippen molar-refractivity contribution >= 4 is 17.7 Å². The largest absolute Gasteiger partial charge is 0.462 e. The van der Waals surface area contributed by atoms with E-state index in [9.17, 15) is 9.90 Å². The number of ether oxygens (including phenoxy) is 1. The van der Waals surface area contributed by atoms with Gasteiger partial charge in [-0.05, 0) is 141 Å². The van der Waals surface area contributed by atoms with Crippen molar-refractivity contribution in [3.05, 3.63) is 36.0 Å². The number of nitrogens with one attached hydrogen (secondary N) is 1. The average molecular weight is 707 g/mol. The highest BCUT2D eigenvalue weighted by atomic mass is 32.2. The van der Waals surface area contributed by atoms with Crippen LogP contribution in [0.4, 0.5) is 0 Å². The van der Waals surface area contributed by atoms with Crippen molar-refractivity contribution in [3.63, 3.8) is 0 Å². The summed E-state index contributed by atoms with van der Waals surface area (Å²) in [6.07, 6.45) is 18.9. The van der Waals surface area contributed by atoms with Crippen LogP contribution in [0.2, 0.25) is 0 Å². The highest BCUT2D eigenvalue weighted by Gasteiger charge is 2.69. The van der Waals surface area contributed by atoms with Gasteiger partial charge in [-0.3, -0.25) is 4.79 Å². The normalized spacial score (nSPS) is 44.6. The topological polar surface area (TPSA) is 61.8 Å². The summed E-state index contributed by atoms with van der Waals surface area (Å²) in [6, 6.07) is 0. The molecule has 12 atom stereocenters. The van der Waals surface area contributed by atoms with Crippen LogP contribution in [0.1, 0.15) is 112 Å². The Bertz CT molecular complexity index is 1340. The second kappa shape index (κ2) is 14.3. The van der Waals surface area contributed by atoms with E-state index in [0.717, 1.165) is 37.3 Å². The standard InChI is InChI=1S/C44H70N2O3S/c1-29(2)32-15-18-44(45-21-22-46-23-25-50-26-24-46)20-19-43(7)35(39(32)44)14-13-34-38-30(3)27-36(41(4,5)33(38)16-17-42(34,43)6)37(47)28-49-40(48)31-11-9-8-10-12-31/h8-9,27,30-35,37-39,45,47H,1,10-26,28H2,2-7H3/t30-,31?,32-,33+,34+,35+,37?,38-,39+,42+,43+,44-/m0/s1. The number of allylic oxidation sites excluding steroid dienone is 4. The van der Waals surface area contributed by atoms with E-state index in [0.29, 0.717) is 46.3 Å². The van der Waals surface area contributed by atoms with Crippen LogP contribution >= 0.6 is 11.8 Å². The zero-order valence-electron chi connectivity index (χ0n) is 32.5. The molecule has 0 amide bonds. The lowest BCUT2D eigenvalue weighted by atomic mass is 9.35. The molecule has 7 aliphatic rings. The predicted molar refractivity (Wildman–Crippen MR) is 208 cm³/mol. The van der Waals surface area contributed by atoms with Crippen LogP contribution in [-0.2, 0) is 9.53 Å². The predicted octanol–water partition coefficient (Wildman–Crippen LogP) is 8.69. The van der Waals surface area contributed by atoms with Crippen molar-refractivity contribution in [2.75, 3.05) is 44.3 Å². The molecule has 1 saturated heterocycles. The van der Waals surface area contributed by atoms with Gasteiger partial charge >= 0.3 is 5.97 Å². The Morgan fingerprint density at radius 1 is 1.00 bits per heavy atom. The summed E-state index contributed by atoms with van der Waals surface area (Å²) >= 11 is 2.11. The number of hydrogen-bond acceptors (Lipinski definition) is 6. The third kappa shape index (κ3) is 6.24. The first-order valence-electron chi connectivity index (χ1n) is 20.7. The molecular formula is C44H70N2O3S. The summed E-state index contributed by atoms with van der Waals surface area (Å²) in [5.41, 5.74) is 3.32. The summed E-state index contributed by atoms with van der Waals surface area (Å²) in [4.78, 5) is 15.5. The van der Waals surface area contributed by atoms with Crippen LogP contribution in [0, 0.1) is 63.6 Å². The molecule has 0 bridgehead atoms. The van der Waals surface area contributed by atoms with Gasteiger partial charge in [0.25, 0.3) is 0 Å². The molecule has 5 nitrogen and oxygen atoms in total. The molecule has 0 spiro atoms. The number of thioether (sulfide) groups is 1. The first kappa shape index (κ1) is 37.2. The lowest BCUT2D eigenvalue weighted by Gasteiger charge is -2.70. The van der Waals surface area contributed by atoms with Gasteiger partial charge in [-0.1, -0.05) is 65.0 Å². The van der Waals surface area contributed by atoms with Crippen molar-refractivity contribution in [3.8, 4) is 0 Å². The molecule has 0 aromatic rings. The lowest BCUT2D eigenvalue weighted by Crippen LogP contribution is -2.67. The first-order valence-corrected chi connectivity index (χ1v) is 21.9. The fourth-order valence-electron chi connectivity index (χ4n) is 13.9. The molecule has 50 heavy (non-hydrogen) atoms. The SMILES string of the molecule is C=C(C)[C@@H]1CC[C@]2(NCCN3CCSCC3)CC[C@]3(C)[C@H](CC[C@@H]4[C@@H]5[C@@H](CC[C@]43C)C(C)(C)C(C(O)COC(=O)C3CC=CCC3)=C[C@@H]5C)[C@@H]12. The summed E-state index contributed by atoms with van der Waals surface area (Å²) < 4.78 is 5.78. The number of hydrogen-bond donors (Lipinski definition) is 2. The fraction of sp³-hybridized carbons (Fsp3) is 0.841. The minimum atomic E-state index is -0.729. The van der Waals surface area contributed by atoms with Gasteiger partial charge in [0.15, 0.2) is 0 Å². The Morgan fingerprint density at radius 3 is 2.46 bits per heavy atom. The summed E-state index contributed by atoms with van der Waals surface area (Å²) in [5, 5.41) is 15.9. The molecule has 6 heteroatoms. The minimum absolute atomic E-state index is 0.0641. The second-order valence-corrected chi connectivity index (χ2v) is 20.5. The quantitative estimate of drug-likeness (QED) is 0.185. The van der Waals surface area contributed by atoms with E-state index in [2.05, 4.69) is 88.3 Å². The second-order valence-electron chi connectivity index (χ2n) is 19.2. The summed E-state index contributed by atoms with van der Waals surface area (Å²) in [6.45, 7) is 24.5. The molecule has 2 unspecified atom stereocenters. The Kier molecular flexibility index (Phi) is 10.6. The highest BCUT2D eigenvalue weighted by Crippen LogP contribution is 2.74. The Labute approximate surface area is 309 Å². The van der Waals surface area contributed by atoms with E-state index in [1.807, 2.05) is 0 Å². The number of rotatable bonds is 9.